The van der Waals surface area contributed by atoms with Gasteiger partial charge in [0.05, 0.1) is 24.5 Å². The molecule has 0 aliphatic heterocycles. The largest absolute Gasteiger partial charge is 0.383 e. The van der Waals surface area contributed by atoms with Crippen LogP contribution >= 0.6 is 11.6 Å². The number of halogens is 1. The summed E-state index contributed by atoms with van der Waals surface area (Å²) in [6, 6.07) is -0.00183. The number of rotatable bonds is 5. The fraction of sp³-hybridized carbons (Fsp3) is 0.600. The van der Waals surface area contributed by atoms with E-state index in [-0.39, 0.29) is 16.6 Å². The van der Waals surface area contributed by atoms with Crippen LogP contribution in [0.3, 0.4) is 0 Å². The van der Waals surface area contributed by atoms with Crippen LogP contribution in [-0.4, -0.2) is 30.0 Å². The van der Waals surface area contributed by atoms with Crippen LogP contribution in [0.25, 0.3) is 0 Å². The Bertz CT molecular complexity index is 404. The van der Waals surface area contributed by atoms with Gasteiger partial charge in [0.2, 0.25) is 0 Å². The van der Waals surface area contributed by atoms with Gasteiger partial charge >= 0.3 is 0 Å². The molecule has 90 valence electrons. The van der Waals surface area contributed by atoms with Crippen molar-refractivity contribution in [2.24, 2.45) is 0 Å². The van der Waals surface area contributed by atoms with Gasteiger partial charge < -0.3 is 10.1 Å². The first kappa shape index (κ1) is 13.0. The molecule has 0 spiro atoms. The molecule has 0 aromatic carbocycles. The van der Waals surface area contributed by atoms with Crippen molar-refractivity contribution in [3.8, 4) is 0 Å². The highest BCUT2D eigenvalue weighted by Crippen LogP contribution is 2.15. The second-order valence-electron chi connectivity index (χ2n) is 3.64. The molecule has 0 amide bonds. The fourth-order valence-electron chi connectivity index (χ4n) is 1.22. The van der Waals surface area contributed by atoms with Gasteiger partial charge in [-0.3, -0.25) is 4.79 Å². The Morgan fingerprint density at radius 2 is 2.31 bits per heavy atom. The summed E-state index contributed by atoms with van der Waals surface area (Å²) >= 11 is 5.94. The summed E-state index contributed by atoms with van der Waals surface area (Å²) in [7, 11) is 1.61. The van der Waals surface area contributed by atoms with E-state index < -0.39 is 0 Å². The molecule has 5 nitrogen and oxygen atoms in total. The van der Waals surface area contributed by atoms with Gasteiger partial charge in [0.1, 0.15) is 5.02 Å². The van der Waals surface area contributed by atoms with Gasteiger partial charge in [0.25, 0.3) is 5.56 Å². The summed E-state index contributed by atoms with van der Waals surface area (Å²) in [4.78, 5) is 11.8. The third kappa shape index (κ3) is 2.96. The van der Waals surface area contributed by atoms with Crippen molar-refractivity contribution < 1.29 is 4.74 Å². The highest BCUT2D eigenvalue weighted by Gasteiger charge is 2.10. The maximum Gasteiger partial charge on any atom is 0.287 e. The maximum absolute atomic E-state index is 11.8. The number of aromatic nitrogens is 2. The van der Waals surface area contributed by atoms with Gasteiger partial charge in [-0.15, -0.1) is 0 Å². The molecule has 1 heterocycles. The molecule has 0 unspecified atom stereocenters. The van der Waals surface area contributed by atoms with Crippen LogP contribution in [0.15, 0.2) is 11.0 Å². The Balaban J connectivity index is 2.90. The van der Waals surface area contributed by atoms with E-state index in [1.807, 2.05) is 13.8 Å². The zero-order valence-corrected chi connectivity index (χ0v) is 10.4. The second kappa shape index (κ2) is 5.86. The van der Waals surface area contributed by atoms with E-state index in [1.54, 1.807) is 13.3 Å². The molecule has 6 heteroatoms. The van der Waals surface area contributed by atoms with E-state index in [9.17, 15) is 4.79 Å². The van der Waals surface area contributed by atoms with E-state index in [0.717, 1.165) is 0 Å². The first-order valence-electron chi connectivity index (χ1n) is 5.08. The molecule has 1 N–H and O–H groups in total. The predicted molar refractivity (Wildman–Crippen MR) is 64.3 cm³/mol. The summed E-state index contributed by atoms with van der Waals surface area (Å²) in [6.07, 6.45) is 1.55. The van der Waals surface area contributed by atoms with Crippen molar-refractivity contribution in [2.45, 2.75) is 19.9 Å². The Morgan fingerprint density at radius 3 is 2.88 bits per heavy atom. The maximum atomic E-state index is 11.8. The Kier molecular flexibility index (Phi) is 4.76. The number of hydrogen-bond acceptors (Lipinski definition) is 4. The monoisotopic (exact) mass is 245 g/mol. The van der Waals surface area contributed by atoms with Gasteiger partial charge in [0, 0.05) is 13.7 Å². The minimum atomic E-state index is -0.279. The van der Waals surface area contributed by atoms with Gasteiger partial charge in [-0.2, -0.15) is 5.10 Å². The molecule has 0 aliphatic rings. The smallest absolute Gasteiger partial charge is 0.287 e. The Labute approximate surface area is 99.4 Å². The average molecular weight is 246 g/mol. The summed E-state index contributed by atoms with van der Waals surface area (Å²) in [5.41, 5.74) is 0.264. The molecule has 0 saturated heterocycles. The molecule has 0 radical (unpaired) electrons. The van der Waals surface area contributed by atoms with Crippen molar-refractivity contribution in [3.63, 3.8) is 0 Å². The predicted octanol–water partition coefficient (Wildman–Crippen LogP) is 1.54. The lowest BCUT2D eigenvalue weighted by Gasteiger charge is -2.11. The zero-order valence-electron chi connectivity index (χ0n) is 9.66. The molecular weight excluding hydrogens is 230 g/mol. The van der Waals surface area contributed by atoms with E-state index in [4.69, 9.17) is 16.3 Å². The lowest BCUT2D eigenvalue weighted by Crippen LogP contribution is -2.26. The topological polar surface area (TPSA) is 56.1 Å². The van der Waals surface area contributed by atoms with Crippen LogP contribution in [0.1, 0.15) is 19.9 Å². The standard InChI is InChI=1S/C10H16ClN3O2/c1-7(2)14-10(15)9(11)8(6-13-14)12-4-5-16-3/h6-7,12H,4-5H2,1-3H3. The number of ether oxygens (including phenoxy) is 1. The fourth-order valence-corrected chi connectivity index (χ4v) is 1.43. The highest BCUT2D eigenvalue weighted by molar-refractivity contribution is 6.32. The van der Waals surface area contributed by atoms with Gasteiger partial charge in [0.15, 0.2) is 0 Å². The number of methoxy groups -OCH3 is 1. The van der Waals surface area contributed by atoms with Crippen molar-refractivity contribution >= 4 is 17.3 Å². The lowest BCUT2D eigenvalue weighted by atomic mass is 10.4. The molecule has 1 rings (SSSR count). The van der Waals surface area contributed by atoms with Crippen LogP contribution in [0.4, 0.5) is 5.69 Å². The third-order valence-electron chi connectivity index (χ3n) is 2.05. The van der Waals surface area contributed by atoms with Gasteiger partial charge in [-0.05, 0) is 13.8 Å². The van der Waals surface area contributed by atoms with Gasteiger partial charge in [-0.1, -0.05) is 11.6 Å². The van der Waals surface area contributed by atoms with Crippen LogP contribution in [0, 0.1) is 0 Å². The molecule has 1 aromatic rings. The average Bonchev–Trinajstić information content (AvgIpc) is 2.24. The first-order chi connectivity index (χ1) is 7.57. The van der Waals surface area contributed by atoms with E-state index in [0.29, 0.717) is 18.8 Å². The minimum Gasteiger partial charge on any atom is -0.383 e. The summed E-state index contributed by atoms with van der Waals surface area (Å²) in [5, 5.41) is 7.19. The quantitative estimate of drug-likeness (QED) is 0.800. The lowest BCUT2D eigenvalue weighted by molar-refractivity contribution is 0.211. The second-order valence-corrected chi connectivity index (χ2v) is 4.01. The molecule has 16 heavy (non-hydrogen) atoms. The van der Waals surface area contributed by atoms with E-state index in [2.05, 4.69) is 10.4 Å². The van der Waals surface area contributed by atoms with Crippen LogP contribution in [0.2, 0.25) is 5.02 Å². The zero-order chi connectivity index (χ0) is 12.1. The van der Waals surface area contributed by atoms with Crippen molar-refractivity contribution in [1.82, 2.24) is 9.78 Å². The Morgan fingerprint density at radius 1 is 1.62 bits per heavy atom. The molecule has 0 aliphatic carbocycles. The highest BCUT2D eigenvalue weighted by atomic mass is 35.5. The third-order valence-corrected chi connectivity index (χ3v) is 2.42. The van der Waals surface area contributed by atoms with E-state index >= 15 is 0 Å². The van der Waals surface area contributed by atoms with Gasteiger partial charge in [-0.25, -0.2) is 4.68 Å². The van der Waals surface area contributed by atoms with Crippen molar-refractivity contribution in [2.75, 3.05) is 25.6 Å². The normalized spacial score (nSPS) is 10.8. The SMILES string of the molecule is COCCNc1cnn(C(C)C)c(=O)c1Cl. The van der Waals surface area contributed by atoms with E-state index in [1.165, 1.54) is 4.68 Å². The summed E-state index contributed by atoms with van der Waals surface area (Å²) < 4.78 is 6.24. The molecule has 1 aromatic heterocycles. The summed E-state index contributed by atoms with van der Waals surface area (Å²) in [5.74, 6) is 0. The van der Waals surface area contributed by atoms with Crippen LogP contribution in [-0.2, 0) is 4.74 Å². The molecular formula is C10H16ClN3O2. The van der Waals surface area contributed by atoms with Crippen LogP contribution < -0.4 is 10.9 Å². The number of anilines is 1. The minimum absolute atomic E-state index is 0.00183. The molecule has 0 atom stereocenters. The number of hydrogen-bond donors (Lipinski definition) is 1. The van der Waals surface area contributed by atoms with Crippen molar-refractivity contribution in [3.05, 3.63) is 21.6 Å². The first-order valence-corrected chi connectivity index (χ1v) is 5.45. The molecule has 0 bridgehead atoms. The molecule has 0 fully saturated rings. The molecule has 0 saturated carbocycles. The van der Waals surface area contributed by atoms with Crippen molar-refractivity contribution in [1.29, 1.82) is 0 Å². The number of nitrogens with one attached hydrogen (secondary N) is 1. The Hall–Kier alpha value is -1.07. The summed E-state index contributed by atoms with van der Waals surface area (Å²) in [6.45, 7) is 4.89. The van der Waals surface area contributed by atoms with Crippen LogP contribution in [0.5, 0.6) is 0 Å². The number of nitrogens with zero attached hydrogens (tertiary/aromatic N) is 2.